The second kappa shape index (κ2) is 7.12. The highest BCUT2D eigenvalue weighted by Gasteiger charge is 2.26. The molecule has 2 aromatic heterocycles. The number of hydrogen-bond donors (Lipinski definition) is 2. The molecule has 6 heteroatoms. The van der Waals surface area contributed by atoms with Crippen LogP contribution in [0.5, 0.6) is 0 Å². The van der Waals surface area contributed by atoms with Crippen molar-refractivity contribution in [3.05, 3.63) is 45.4 Å². The summed E-state index contributed by atoms with van der Waals surface area (Å²) in [6.07, 6.45) is 9.32. The average Bonchev–Trinajstić information content (AvgIpc) is 3.22. The Bertz CT molecular complexity index is 793. The summed E-state index contributed by atoms with van der Waals surface area (Å²) in [5, 5.41) is 10.5. The molecule has 0 radical (unpaired) electrons. The monoisotopic (exact) mass is 341 g/mol. The molecule has 2 atom stereocenters. The number of aryl methyl sites for hydroxylation is 2. The summed E-state index contributed by atoms with van der Waals surface area (Å²) in [6.45, 7) is 0.827. The number of nitrogens with one attached hydrogen (secondary N) is 2. The summed E-state index contributed by atoms with van der Waals surface area (Å²) < 4.78 is 1.63. The van der Waals surface area contributed by atoms with Gasteiger partial charge in [0.2, 0.25) is 0 Å². The van der Waals surface area contributed by atoms with Gasteiger partial charge in [0.15, 0.2) is 0 Å². The average molecular weight is 341 g/mol. The highest BCUT2D eigenvalue weighted by Crippen LogP contribution is 2.27. The van der Waals surface area contributed by atoms with Crippen molar-refractivity contribution >= 4 is 0 Å². The van der Waals surface area contributed by atoms with Gasteiger partial charge in [-0.25, -0.2) is 9.89 Å². The Morgan fingerprint density at radius 3 is 2.96 bits per heavy atom. The summed E-state index contributed by atoms with van der Waals surface area (Å²) >= 11 is 0. The first-order valence-electron chi connectivity index (χ1n) is 9.52. The standard InChI is InChI=1S/C19H27N5O/c1-24-18(22-23-19(24)25)11-14-5-2-3-7-16(14)20-12-15-10-9-13-6-4-8-17(13)21-15/h9-10,14,16,20H,2-8,11-12H2,1H3,(H,23,25)/t14-,16-/m1/s1. The Hall–Kier alpha value is -1.95. The van der Waals surface area contributed by atoms with Gasteiger partial charge in [0.25, 0.3) is 0 Å². The second-order valence-electron chi connectivity index (χ2n) is 7.50. The van der Waals surface area contributed by atoms with Crippen LogP contribution in [0.1, 0.15) is 54.9 Å². The third-order valence-corrected chi connectivity index (χ3v) is 5.86. The Morgan fingerprint density at radius 2 is 2.12 bits per heavy atom. The number of pyridine rings is 1. The van der Waals surface area contributed by atoms with E-state index in [1.165, 1.54) is 49.8 Å². The third kappa shape index (κ3) is 3.54. The van der Waals surface area contributed by atoms with Crippen molar-refractivity contribution in [3.8, 4) is 0 Å². The maximum atomic E-state index is 11.6. The van der Waals surface area contributed by atoms with E-state index in [1.807, 2.05) is 0 Å². The first kappa shape index (κ1) is 16.5. The molecule has 2 aliphatic carbocycles. The predicted octanol–water partition coefficient (Wildman–Crippen LogP) is 1.88. The number of rotatable bonds is 5. The van der Waals surface area contributed by atoms with Crippen molar-refractivity contribution in [2.45, 2.75) is 64.0 Å². The maximum Gasteiger partial charge on any atom is 0.343 e. The van der Waals surface area contributed by atoms with E-state index in [0.717, 1.165) is 30.9 Å². The lowest BCUT2D eigenvalue weighted by Crippen LogP contribution is -2.39. The van der Waals surface area contributed by atoms with Gasteiger partial charge in [-0.1, -0.05) is 18.9 Å². The van der Waals surface area contributed by atoms with Crippen LogP contribution in [-0.2, 0) is 32.9 Å². The number of fused-ring (bicyclic) bond motifs is 1. The third-order valence-electron chi connectivity index (χ3n) is 5.86. The van der Waals surface area contributed by atoms with Gasteiger partial charge in [-0.2, -0.15) is 5.10 Å². The largest absolute Gasteiger partial charge is 0.343 e. The molecular formula is C19H27N5O. The van der Waals surface area contributed by atoms with Gasteiger partial charge < -0.3 is 5.32 Å². The molecule has 2 heterocycles. The number of aromatic amines is 1. The summed E-state index contributed by atoms with van der Waals surface area (Å²) in [6, 6.07) is 4.90. The summed E-state index contributed by atoms with van der Waals surface area (Å²) in [7, 11) is 1.79. The number of hydrogen-bond acceptors (Lipinski definition) is 4. The molecule has 2 aromatic rings. The van der Waals surface area contributed by atoms with E-state index >= 15 is 0 Å². The van der Waals surface area contributed by atoms with E-state index in [4.69, 9.17) is 4.98 Å². The summed E-state index contributed by atoms with van der Waals surface area (Å²) in [5.41, 5.74) is 3.75. The summed E-state index contributed by atoms with van der Waals surface area (Å²) in [4.78, 5) is 16.4. The minimum absolute atomic E-state index is 0.127. The van der Waals surface area contributed by atoms with Crippen LogP contribution in [0, 0.1) is 5.92 Å². The molecule has 0 spiro atoms. The second-order valence-corrected chi connectivity index (χ2v) is 7.50. The highest BCUT2D eigenvalue weighted by molar-refractivity contribution is 5.27. The highest BCUT2D eigenvalue weighted by atomic mass is 16.1. The normalized spacial score (nSPS) is 22.9. The van der Waals surface area contributed by atoms with Crippen LogP contribution >= 0.6 is 0 Å². The zero-order chi connectivity index (χ0) is 17.2. The molecule has 0 aromatic carbocycles. The van der Waals surface area contributed by atoms with Crippen molar-refractivity contribution in [1.29, 1.82) is 0 Å². The molecular weight excluding hydrogens is 314 g/mol. The van der Waals surface area contributed by atoms with Crippen LogP contribution in [0.3, 0.4) is 0 Å². The van der Waals surface area contributed by atoms with Crippen LogP contribution in [0.2, 0.25) is 0 Å². The van der Waals surface area contributed by atoms with Crippen molar-refractivity contribution in [1.82, 2.24) is 25.1 Å². The Morgan fingerprint density at radius 1 is 1.24 bits per heavy atom. The van der Waals surface area contributed by atoms with Gasteiger partial charge in [0, 0.05) is 31.7 Å². The molecule has 25 heavy (non-hydrogen) atoms. The smallest absolute Gasteiger partial charge is 0.308 e. The van der Waals surface area contributed by atoms with E-state index in [0.29, 0.717) is 12.0 Å². The van der Waals surface area contributed by atoms with Crippen LogP contribution in [-0.4, -0.2) is 25.8 Å². The molecule has 0 bridgehead atoms. The number of nitrogens with zero attached hydrogens (tertiary/aromatic N) is 3. The fraction of sp³-hybridized carbons (Fsp3) is 0.632. The van der Waals surface area contributed by atoms with Gasteiger partial charge in [-0.15, -0.1) is 0 Å². The topological polar surface area (TPSA) is 75.6 Å². The molecule has 2 aliphatic rings. The molecule has 2 N–H and O–H groups in total. The van der Waals surface area contributed by atoms with Gasteiger partial charge in [-0.3, -0.25) is 9.55 Å². The molecule has 0 unspecified atom stereocenters. The van der Waals surface area contributed by atoms with Crippen LogP contribution < -0.4 is 11.0 Å². The van der Waals surface area contributed by atoms with Crippen molar-refractivity contribution in [2.24, 2.45) is 13.0 Å². The minimum Gasteiger partial charge on any atom is -0.308 e. The van der Waals surface area contributed by atoms with Crippen LogP contribution in [0.15, 0.2) is 16.9 Å². The first-order valence-corrected chi connectivity index (χ1v) is 9.52. The summed E-state index contributed by atoms with van der Waals surface area (Å²) in [5.74, 6) is 1.39. The lowest BCUT2D eigenvalue weighted by Gasteiger charge is -2.32. The van der Waals surface area contributed by atoms with Gasteiger partial charge in [-0.05, 0) is 49.7 Å². The van der Waals surface area contributed by atoms with E-state index in [1.54, 1.807) is 11.6 Å². The van der Waals surface area contributed by atoms with E-state index in [-0.39, 0.29) is 5.69 Å². The molecule has 6 nitrogen and oxygen atoms in total. The molecule has 0 saturated heterocycles. The van der Waals surface area contributed by atoms with Crippen molar-refractivity contribution < 1.29 is 0 Å². The van der Waals surface area contributed by atoms with Crippen LogP contribution in [0.4, 0.5) is 0 Å². The lowest BCUT2D eigenvalue weighted by molar-refractivity contribution is 0.254. The van der Waals surface area contributed by atoms with E-state index in [9.17, 15) is 4.79 Å². The molecule has 4 rings (SSSR count). The zero-order valence-corrected chi connectivity index (χ0v) is 14.9. The van der Waals surface area contributed by atoms with E-state index < -0.39 is 0 Å². The SMILES string of the molecule is Cn1c(C[C@H]2CCCC[C@H]2NCc2ccc3c(n2)CCC3)n[nH]c1=O. The van der Waals surface area contributed by atoms with Crippen LogP contribution in [0.25, 0.3) is 0 Å². The van der Waals surface area contributed by atoms with E-state index in [2.05, 4.69) is 27.6 Å². The minimum atomic E-state index is -0.127. The Balaban J connectivity index is 1.41. The fourth-order valence-electron chi connectivity index (χ4n) is 4.32. The number of H-pyrrole nitrogens is 1. The molecule has 0 aliphatic heterocycles. The fourth-order valence-corrected chi connectivity index (χ4v) is 4.32. The van der Waals surface area contributed by atoms with Gasteiger partial charge in [0.05, 0.1) is 5.69 Å². The number of aromatic nitrogens is 4. The van der Waals surface area contributed by atoms with Crippen molar-refractivity contribution in [2.75, 3.05) is 0 Å². The molecule has 0 amide bonds. The zero-order valence-electron chi connectivity index (χ0n) is 14.9. The van der Waals surface area contributed by atoms with Crippen molar-refractivity contribution in [3.63, 3.8) is 0 Å². The van der Waals surface area contributed by atoms with Gasteiger partial charge >= 0.3 is 5.69 Å². The first-order chi connectivity index (χ1) is 12.2. The maximum absolute atomic E-state index is 11.6. The molecule has 1 fully saturated rings. The molecule has 134 valence electrons. The quantitative estimate of drug-likeness (QED) is 0.871. The lowest BCUT2D eigenvalue weighted by atomic mass is 9.82. The Labute approximate surface area is 148 Å². The Kier molecular flexibility index (Phi) is 4.70. The molecule has 1 saturated carbocycles. The predicted molar refractivity (Wildman–Crippen MR) is 96.4 cm³/mol. The van der Waals surface area contributed by atoms with Gasteiger partial charge in [0.1, 0.15) is 5.82 Å².